The van der Waals surface area contributed by atoms with Crippen LogP contribution < -0.4 is 15.6 Å². The quantitative estimate of drug-likeness (QED) is 0.465. The van der Waals surface area contributed by atoms with Crippen LogP contribution in [0.5, 0.6) is 0 Å². The summed E-state index contributed by atoms with van der Waals surface area (Å²) in [6, 6.07) is 14.7. The molecular formula is C21H26N4S. The summed E-state index contributed by atoms with van der Waals surface area (Å²) in [4.78, 5) is 2.48. The first kappa shape index (κ1) is 18.4. The van der Waals surface area contributed by atoms with E-state index in [0.29, 0.717) is 5.11 Å². The number of hydrazone groups is 1. The lowest BCUT2D eigenvalue weighted by Gasteiger charge is -2.31. The van der Waals surface area contributed by atoms with Crippen LogP contribution in [-0.2, 0) is 6.42 Å². The summed E-state index contributed by atoms with van der Waals surface area (Å²) < 4.78 is 0. The van der Waals surface area contributed by atoms with Crippen LogP contribution in [-0.4, -0.2) is 24.4 Å². The topological polar surface area (TPSA) is 39.7 Å². The molecule has 1 aliphatic rings. The van der Waals surface area contributed by atoms with Crippen molar-refractivity contribution in [1.29, 1.82) is 0 Å². The van der Waals surface area contributed by atoms with Gasteiger partial charge in [-0.05, 0) is 73.8 Å². The molecule has 0 unspecified atom stereocenters. The first-order chi connectivity index (χ1) is 12.7. The third-order valence-electron chi connectivity index (χ3n) is 4.50. The van der Waals surface area contributed by atoms with E-state index in [2.05, 4.69) is 52.8 Å². The van der Waals surface area contributed by atoms with Crippen LogP contribution in [0.25, 0.3) is 0 Å². The lowest BCUT2D eigenvalue weighted by Crippen LogP contribution is -2.30. The highest BCUT2D eigenvalue weighted by atomic mass is 32.1. The van der Waals surface area contributed by atoms with Gasteiger partial charge in [-0.25, -0.2) is 0 Å². The SMILES string of the molecule is CCCN1CCCc2cc(/C=N\NC(=S)Nc3ccc(C)cc3)ccc21. The molecule has 0 aliphatic carbocycles. The molecule has 2 aromatic rings. The van der Waals surface area contributed by atoms with Gasteiger partial charge in [0.2, 0.25) is 0 Å². The van der Waals surface area contributed by atoms with Crippen LogP contribution in [0.1, 0.15) is 36.5 Å². The minimum Gasteiger partial charge on any atom is -0.371 e. The molecule has 0 bridgehead atoms. The first-order valence-corrected chi connectivity index (χ1v) is 9.61. The summed E-state index contributed by atoms with van der Waals surface area (Å²) in [5.41, 5.74) is 8.93. The third kappa shape index (κ3) is 4.82. The highest BCUT2D eigenvalue weighted by molar-refractivity contribution is 7.80. The minimum atomic E-state index is 0.484. The van der Waals surface area contributed by atoms with E-state index in [1.165, 1.54) is 29.7 Å². The van der Waals surface area contributed by atoms with Crippen LogP contribution in [0.2, 0.25) is 0 Å². The Hall–Kier alpha value is -2.40. The first-order valence-electron chi connectivity index (χ1n) is 9.20. The molecule has 0 fully saturated rings. The Kier molecular flexibility index (Phi) is 6.23. The van der Waals surface area contributed by atoms with Crippen molar-refractivity contribution in [3.8, 4) is 0 Å². The molecule has 1 heterocycles. The molecule has 2 N–H and O–H groups in total. The number of benzene rings is 2. The predicted octanol–water partition coefficient (Wildman–Crippen LogP) is 4.48. The molecule has 26 heavy (non-hydrogen) atoms. The molecule has 2 aromatic carbocycles. The lowest BCUT2D eigenvalue weighted by atomic mass is 9.99. The second-order valence-electron chi connectivity index (χ2n) is 6.67. The Labute approximate surface area is 161 Å². The summed E-state index contributed by atoms with van der Waals surface area (Å²) in [5.74, 6) is 0. The van der Waals surface area contributed by atoms with Gasteiger partial charge in [0.25, 0.3) is 0 Å². The largest absolute Gasteiger partial charge is 0.371 e. The van der Waals surface area contributed by atoms with E-state index in [1.807, 2.05) is 30.5 Å². The molecule has 3 rings (SSSR count). The predicted molar refractivity (Wildman–Crippen MR) is 115 cm³/mol. The Balaban J connectivity index is 1.58. The van der Waals surface area contributed by atoms with E-state index in [4.69, 9.17) is 12.2 Å². The zero-order valence-corrected chi connectivity index (χ0v) is 16.3. The standard InChI is InChI=1S/C21H26N4S/c1-3-12-25-13-4-5-18-14-17(8-11-20(18)25)15-22-24-21(26)23-19-9-6-16(2)7-10-19/h6-11,14-15H,3-5,12-13H2,1-2H3,(H2,23,24,26)/b22-15-. The Morgan fingerprint density at radius 3 is 2.81 bits per heavy atom. The number of hydrogen-bond donors (Lipinski definition) is 2. The number of nitrogens with one attached hydrogen (secondary N) is 2. The summed E-state index contributed by atoms with van der Waals surface area (Å²) in [6.45, 7) is 6.58. The van der Waals surface area contributed by atoms with E-state index < -0.39 is 0 Å². The molecule has 5 heteroatoms. The zero-order chi connectivity index (χ0) is 18.4. The van der Waals surface area contributed by atoms with Gasteiger partial charge in [0.15, 0.2) is 5.11 Å². The number of hydrogen-bond acceptors (Lipinski definition) is 3. The van der Waals surface area contributed by atoms with Crippen molar-refractivity contribution < 1.29 is 0 Å². The lowest BCUT2D eigenvalue weighted by molar-refractivity contribution is 0.681. The van der Waals surface area contributed by atoms with Gasteiger partial charge >= 0.3 is 0 Å². The Bertz CT molecular complexity index is 783. The van der Waals surface area contributed by atoms with Gasteiger partial charge in [-0.2, -0.15) is 5.10 Å². The van der Waals surface area contributed by atoms with Crippen molar-refractivity contribution in [3.05, 3.63) is 59.2 Å². The van der Waals surface area contributed by atoms with Gasteiger partial charge in [-0.15, -0.1) is 0 Å². The molecule has 0 amide bonds. The fourth-order valence-electron chi connectivity index (χ4n) is 3.24. The van der Waals surface area contributed by atoms with Gasteiger partial charge in [-0.3, -0.25) is 5.43 Å². The summed E-state index contributed by atoms with van der Waals surface area (Å²) in [5, 5.41) is 7.88. The molecule has 0 saturated heterocycles. The number of fused-ring (bicyclic) bond motifs is 1. The monoisotopic (exact) mass is 366 g/mol. The van der Waals surface area contributed by atoms with Gasteiger partial charge in [-0.1, -0.05) is 30.7 Å². The number of aryl methyl sites for hydroxylation is 2. The minimum absolute atomic E-state index is 0.484. The fourth-order valence-corrected chi connectivity index (χ4v) is 3.41. The smallest absolute Gasteiger partial charge is 0.191 e. The van der Waals surface area contributed by atoms with E-state index >= 15 is 0 Å². The normalized spacial score (nSPS) is 13.5. The summed E-state index contributed by atoms with van der Waals surface area (Å²) in [7, 11) is 0. The van der Waals surface area contributed by atoms with Crippen molar-refractivity contribution in [1.82, 2.24) is 5.43 Å². The maximum absolute atomic E-state index is 5.28. The average Bonchev–Trinajstić information content (AvgIpc) is 2.64. The molecule has 0 atom stereocenters. The van der Waals surface area contributed by atoms with Gasteiger partial charge in [0, 0.05) is 24.5 Å². The van der Waals surface area contributed by atoms with Crippen molar-refractivity contribution in [2.24, 2.45) is 5.10 Å². The van der Waals surface area contributed by atoms with Crippen LogP contribution in [0, 0.1) is 6.92 Å². The molecule has 136 valence electrons. The molecular weight excluding hydrogens is 340 g/mol. The van der Waals surface area contributed by atoms with E-state index in [9.17, 15) is 0 Å². The van der Waals surface area contributed by atoms with Crippen molar-refractivity contribution in [3.63, 3.8) is 0 Å². The molecule has 0 radical (unpaired) electrons. The van der Waals surface area contributed by atoms with Gasteiger partial charge in [0.05, 0.1) is 6.21 Å². The maximum Gasteiger partial charge on any atom is 0.191 e. The Morgan fingerprint density at radius 1 is 1.23 bits per heavy atom. The highest BCUT2D eigenvalue weighted by Crippen LogP contribution is 2.27. The second-order valence-corrected chi connectivity index (χ2v) is 7.08. The van der Waals surface area contributed by atoms with Crippen LogP contribution in [0.3, 0.4) is 0 Å². The van der Waals surface area contributed by atoms with Crippen molar-refractivity contribution >= 4 is 34.9 Å². The third-order valence-corrected chi connectivity index (χ3v) is 4.69. The fraction of sp³-hybridized carbons (Fsp3) is 0.333. The summed E-state index contributed by atoms with van der Waals surface area (Å²) >= 11 is 5.28. The molecule has 0 saturated carbocycles. The number of anilines is 2. The number of rotatable bonds is 5. The Morgan fingerprint density at radius 2 is 2.04 bits per heavy atom. The number of thiocarbonyl (C=S) groups is 1. The molecule has 0 aromatic heterocycles. The van der Waals surface area contributed by atoms with Gasteiger partial charge < -0.3 is 10.2 Å². The van der Waals surface area contributed by atoms with E-state index in [1.54, 1.807) is 0 Å². The zero-order valence-electron chi connectivity index (χ0n) is 15.5. The van der Waals surface area contributed by atoms with E-state index in [-0.39, 0.29) is 0 Å². The molecule has 0 spiro atoms. The van der Waals surface area contributed by atoms with Crippen LogP contribution in [0.4, 0.5) is 11.4 Å². The van der Waals surface area contributed by atoms with Crippen LogP contribution >= 0.6 is 12.2 Å². The average molecular weight is 367 g/mol. The highest BCUT2D eigenvalue weighted by Gasteiger charge is 2.15. The second kappa shape index (κ2) is 8.81. The maximum atomic E-state index is 5.28. The van der Waals surface area contributed by atoms with Crippen molar-refractivity contribution in [2.75, 3.05) is 23.3 Å². The molecule has 4 nitrogen and oxygen atoms in total. The number of nitrogens with zero attached hydrogens (tertiary/aromatic N) is 2. The van der Waals surface area contributed by atoms with Crippen molar-refractivity contribution in [2.45, 2.75) is 33.1 Å². The van der Waals surface area contributed by atoms with E-state index in [0.717, 1.165) is 30.8 Å². The summed E-state index contributed by atoms with van der Waals surface area (Å²) in [6.07, 6.45) is 5.36. The molecule has 1 aliphatic heterocycles. The van der Waals surface area contributed by atoms with Gasteiger partial charge in [0.1, 0.15) is 0 Å². The van der Waals surface area contributed by atoms with Crippen LogP contribution in [0.15, 0.2) is 47.6 Å².